The van der Waals surface area contributed by atoms with Crippen LogP contribution in [0.15, 0.2) is 36.4 Å². The quantitative estimate of drug-likeness (QED) is 0.813. The predicted octanol–water partition coefficient (Wildman–Crippen LogP) is 3.28. The number of rotatable bonds is 4. The van der Waals surface area contributed by atoms with Gasteiger partial charge in [-0.1, -0.05) is 0 Å². The Morgan fingerprint density at radius 1 is 1.13 bits per heavy atom. The van der Waals surface area contributed by atoms with Crippen molar-refractivity contribution in [1.82, 2.24) is 10.2 Å². The molecule has 3 amide bonds. The number of fused-ring (bicyclic) bond motifs is 1. The highest BCUT2D eigenvalue weighted by molar-refractivity contribution is 5.96. The molecule has 1 saturated heterocycles. The van der Waals surface area contributed by atoms with E-state index < -0.39 is 0 Å². The van der Waals surface area contributed by atoms with E-state index in [2.05, 4.69) is 5.32 Å². The molecule has 164 valence electrons. The maximum atomic E-state index is 13.2. The number of nitrogens with one attached hydrogen (secondary N) is 1. The molecule has 31 heavy (non-hydrogen) atoms. The topological polar surface area (TPSA) is 71.1 Å². The molecule has 1 N–H and O–H groups in total. The zero-order chi connectivity index (χ0) is 22.1. The number of urea groups is 1. The Kier molecular flexibility index (Phi) is 5.71. The van der Waals surface area contributed by atoms with Gasteiger partial charge in [-0.2, -0.15) is 0 Å². The van der Waals surface area contributed by atoms with Crippen LogP contribution in [0.5, 0.6) is 11.5 Å². The lowest BCUT2D eigenvalue weighted by Crippen LogP contribution is -2.48. The standard InChI is InChI=1S/C23H26FN3O4/c1-14-19-12-21(31-3)20(30-2)10-15(19)8-9-26(14)23(29)25-17-11-22(28)27(13-17)18-6-4-16(24)5-7-18/h4-7,10,12,14,17H,8-9,11,13H2,1-3H3,(H,25,29)/t14-,17-/m1/s1. The highest BCUT2D eigenvalue weighted by atomic mass is 19.1. The smallest absolute Gasteiger partial charge is 0.318 e. The minimum Gasteiger partial charge on any atom is -0.493 e. The summed E-state index contributed by atoms with van der Waals surface area (Å²) < 4.78 is 24.0. The Bertz CT molecular complexity index is 995. The van der Waals surface area contributed by atoms with Crippen molar-refractivity contribution < 1.29 is 23.5 Å². The number of carbonyl (C=O) groups is 2. The van der Waals surface area contributed by atoms with Crippen LogP contribution in [0.2, 0.25) is 0 Å². The van der Waals surface area contributed by atoms with Gasteiger partial charge in [0, 0.05) is 25.2 Å². The number of halogens is 1. The van der Waals surface area contributed by atoms with E-state index in [4.69, 9.17) is 9.47 Å². The van der Waals surface area contributed by atoms with Crippen molar-refractivity contribution >= 4 is 17.6 Å². The molecule has 0 bridgehead atoms. The first kappa shape index (κ1) is 21.0. The number of ether oxygens (including phenoxy) is 2. The zero-order valence-electron chi connectivity index (χ0n) is 17.9. The lowest BCUT2D eigenvalue weighted by Gasteiger charge is -2.36. The molecule has 4 rings (SSSR count). The Morgan fingerprint density at radius 3 is 2.48 bits per heavy atom. The second-order valence-electron chi connectivity index (χ2n) is 7.86. The van der Waals surface area contributed by atoms with Crippen LogP contribution >= 0.6 is 0 Å². The summed E-state index contributed by atoms with van der Waals surface area (Å²) in [5.41, 5.74) is 2.78. The van der Waals surface area contributed by atoms with Crippen molar-refractivity contribution in [2.75, 3.05) is 32.2 Å². The molecule has 2 aromatic carbocycles. The molecular weight excluding hydrogens is 401 g/mol. The molecule has 0 spiro atoms. The number of methoxy groups -OCH3 is 2. The third-order valence-electron chi connectivity index (χ3n) is 6.04. The minimum atomic E-state index is -0.353. The fourth-order valence-corrected chi connectivity index (χ4v) is 4.35. The number of anilines is 1. The minimum absolute atomic E-state index is 0.0919. The average molecular weight is 427 g/mol. The van der Waals surface area contributed by atoms with Crippen LogP contribution in [0.25, 0.3) is 0 Å². The van der Waals surface area contributed by atoms with Crippen LogP contribution < -0.4 is 19.7 Å². The number of nitrogens with zero attached hydrogens (tertiary/aromatic N) is 2. The molecule has 2 atom stereocenters. The number of hydrogen-bond acceptors (Lipinski definition) is 4. The van der Waals surface area contributed by atoms with E-state index in [0.29, 0.717) is 36.7 Å². The third kappa shape index (κ3) is 4.02. The SMILES string of the molecule is COc1cc2c(cc1OC)[C@@H](C)N(C(=O)N[C@@H]1CC(=O)N(c3ccc(F)cc3)C1)CC2. The van der Waals surface area contributed by atoms with E-state index >= 15 is 0 Å². The molecule has 0 aliphatic carbocycles. The third-order valence-corrected chi connectivity index (χ3v) is 6.04. The molecule has 8 heteroatoms. The van der Waals surface area contributed by atoms with Gasteiger partial charge in [-0.25, -0.2) is 9.18 Å². The molecule has 1 fully saturated rings. The van der Waals surface area contributed by atoms with E-state index in [-0.39, 0.29) is 36.3 Å². The molecule has 7 nitrogen and oxygen atoms in total. The number of carbonyl (C=O) groups excluding carboxylic acids is 2. The summed E-state index contributed by atoms with van der Waals surface area (Å²) in [4.78, 5) is 28.8. The van der Waals surface area contributed by atoms with Gasteiger partial charge >= 0.3 is 6.03 Å². The number of benzene rings is 2. The first-order valence-corrected chi connectivity index (χ1v) is 10.3. The molecule has 2 aliphatic rings. The van der Waals surface area contributed by atoms with E-state index in [0.717, 1.165) is 11.1 Å². The number of hydrogen-bond donors (Lipinski definition) is 1. The first-order valence-electron chi connectivity index (χ1n) is 10.3. The monoisotopic (exact) mass is 427 g/mol. The molecule has 0 radical (unpaired) electrons. The Morgan fingerprint density at radius 2 is 1.81 bits per heavy atom. The van der Waals surface area contributed by atoms with Crippen LogP contribution in [0.1, 0.15) is 30.5 Å². The summed E-state index contributed by atoms with van der Waals surface area (Å²) in [7, 11) is 3.20. The van der Waals surface area contributed by atoms with Crippen LogP contribution in [0, 0.1) is 5.82 Å². The zero-order valence-corrected chi connectivity index (χ0v) is 17.9. The molecule has 2 aliphatic heterocycles. The van der Waals surface area contributed by atoms with Gasteiger partial charge in [-0.3, -0.25) is 4.79 Å². The van der Waals surface area contributed by atoms with Gasteiger partial charge in [-0.15, -0.1) is 0 Å². The van der Waals surface area contributed by atoms with Crippen LogP contribution in [0.4, 0.5) is 14.9 Å². The summed E-state index contributed by atoms with van der Waals surface area (Å²) >= 11 is 0. The summed E-state index contributed by atoms with van der Waals surface area (Å²) in [5.74, 6) is 0.864. The Labute approximate surface area is 180 Å². The summed E-state index contributed by atoms with van der Waals surface area (Å²) in [5, 5.41) is 3.00. The maximum Gasteiger partial charge on any atom is 0.318 e. The van der Waals surface area contributed by atoms with E-state index in [1.165, 1.54) is 12.1 Å². The fourth-order valence-electron chi connectivity index (χ4n) is 4.35. The van der Waals surface area contributed by atoms with E-state index in [1.807, 2.05) is 19.1 Å². The Balaban J connectivity index is 1.45. The molecule has 2 aromatic rings. The van der Waals surface area contributed by atoms with E-state index in [1.54, 1.807) is 36.2 Å². The van der Waals surface area contributed by atoms with Gasteiger partial charge in [-0.05, 0) is 60.9 Å². The molecule has 0 unspecified atom stereocenters. The van der Waals surface area contributed by atoms with Crippen LogP contribution in [-0.2, 0) is 11.2 Å². The number of amides is 3. The normalized spacial score (nSPS) is 20.5. The summed E-state index contributed by atoms with van der Waals surface area (Å²) in [6.45, 7) is 2.91. The second-order valence-corrected chi connectivity index (χ2v) is 7.86. The first-order chi connectivity index (χ1) is 14.9. The van der Waals surface area contributed by atoms with Gasteiger partial charge in [0.2, 0.25) is 5.91 Å². The van der Waals surface area contributed by atoms with Gasteiger partial charge in [0.1, 0.15) is 5.82 Å². The average Bonchev–Trinajstić information content (AvgIpc) is 3.13. The lowest BCUT2D eigenvalue weighted by atomic mass is 9.93. The van der Waals surface area contributed by atoms with Crippen LogP contribution in [-0.4, -0.2) is 50.2 Å². The van der Waals surface area contributed by atoms with Crippen molar-refractivity contribution in [2.45, 2.75) is 31.8 Å². The van der Waals surface area contributed by atoms with Gasteiger partial charge in [0.05, 0.1) is 26.3 Å². The molecule has 2 heterocycles. The van der Waals surface area contributed by atoms with Crippen molar-refractivity contribution in [3.63, 3.8) is 0 Å². The molecular formula is C23H26FN3O4. The van der Waals surface area contributed by atoms with Gasteiger partial charge in [0.15, 0.2) is 11.5 Å². The summed E-state index contributed by atoms with van der Waals surface area (Å²) in [6, 6.07) is 9.04. The van der Waals surface area contributed by atoms with Gasteiger partial charge < -0.3 is 24.6 Å². The predicted molar refractivity (Wildman–Crippen MR) is 114 cm³/mol. The molecule has 0 saturated carbocycles. The van der Waals surface area contributed by atoms with Crippen molar-refractivity contribution in [1.29, 1.82) is 0 Å². The fraction of sp³-hybridized carbons (Fsp3) is 0.391. The van der Waals surface area contributed by atoms with Crippen molar-refractivity contribution in [3.8, 4) is 11.5 Å². The highest BCUT2D eigenvalue weighted by Crippen LogP contribution is 2.38. The largest absolute Gasteiger partial charge is 0.493 e. The van der Waals surface area contributed by atoms with E-state index in [9.17, 15) is 14.0 Å². The second kappa shape index (κ2) is 8.45. The highest BCUT2D eigenvalue weighted by Gasteiger charge is 2.35. The van der Waals surface area contributed by atoms with Crippen LogP contribution in [0.3, 0.4) is 0 Å². The summed E-state index contributed by atoms with van der Waals surface area (Å²) in [6.07, 6.45) is 0.922. The maximum absolute atomic E-state index is 13.2. The Hall–Kier alpha value is -3.29. The molecule has 0 aromatic heterocycles. The van der Waals surface area contributed by atoms with Crippen molar-refractivity contribution in [3.05, 3.63) is 53.3 Å². The van der Waals surface area contributed by atoms with Crippen molar-refractivity contribution in [2.24, 2.45) is 0 Å². The lowest BCUT2D eigenvalue weighted by molar-refractivity contribution is -0.117. The van der Waals surface area contributed by atoms with Gasteiger partial charge in [0.25, 0.3) is 0 Å².